The summed E-state index contributed by atoms with van der Waals surface area (Å²) in [6, 6.07) is 15.9. The molecular formula is C20H25ClN2O2. The first kappa shape index (κ1) is 19.1. The highest BCUT2D eigenvalue weighted by Gasteiger charge is 2.29. The standard InChI is InChI=1S/C20H24N2O2.ClH/c1-24-17-8-4-7-16(14-17)19-10-5-13-22(19)20(23)12-11-15-6-2-3-9-18(15)21;/h2-4,6-9,14,19H,5,10-13,21H2,1H3;1H. The number of halogens is 1. The molecule has 2 N–H and O–H groups in total. The molecule has 0 radical (unpaired) electrons. The SMILES string of the molecule is COc1cccc(C2CCCN2C(=O)CCc2ccccc2N)c1.Cl. The number of rotatable bonds is 5. The van der Waals surface area contributed by atoms with E-state index in [2.05, 4.69) is 6.07 Å². The van der Waals surface area contributed by atoms with Crippen LogP contribution in [0.3, 0.4) is 0 Å². The van der Waals surface area contributed by atoms with E-state index in [0.29, 0.717) is 12.8 Å². The number of carbonyl (C=O) groups excluding carboxylic acids is 1. The summed E-state index contributed by atoms with van der Waals surface area (Å²) in [6.07, 6.45) is 3.23. The molecule has 1 heterocycles. The lowest BCUT2D eigenvalue weighted by Gasteiger charge is -2.25. The maximum atomic E-state index is 12.7. The Hall–Kier alpha value is -2.20. The Bertz CT molecular complexity index is 720. The van der Waals surface area contributed by atoms with Crippen LogP contribution in [0.1, 0.15) is 36.4 Å². The molecule has 2 aromatic carbocycles. The molecule has 0 spiro atoms. The van der Waals surface area contributed by atoms with Crippen LogP contribution in [-0.2, 0) is 11.2 Å². The van der Waals surface area contributed by atoms with Gasteiger partial charge in [0.1, 0.15) is 5.75 Å². The molecule has 25 heavy (non-hydrogen) atoms. The van der Waals surface area contributed by atoms with Gasteiger partial charge in [-0.3, -0.25) is 4.79 Å². The van der Waals surface area contributed by atoms with Crippen LogP contribution in [0.15, 0.2) is 48.5 Å². The molecule has 1 saturated heterocycles. The average molecular weight is 361 g/mol. The van der Waals surface area contributed by atoms with Gasteiger partial charge in [-0.1, -0.05) is 30.3 Å². The second-order valence-corrected chi connectivity index (χ2v) is 6.22. The summed E-state index contributed by atoms with van der Waals surface area (Å²) in [6.45, 7) is 0.824. The summed E-state index contributed by atoms with van der Waals surface area (Å²) < 4.78 is 5.31. The molecule has 1 fully saturated rings. The molecule has 1 amide bonds. The number of nitrogens with zero attached hydrogens (tertiary/aromatic N) is 1. The summed E-state index contributed by atoms with van der Waals surface area (Å²) in [7, 11) is 1.67. The van der Waals surface area contributed by atoms with Crippen LogP contribution in [-0.4, -0.2) is 24.5 Å². The van der Waals surface area contributed by atoms with E-state index < -0.39 is 0 Å². The Morgan fingerprint density at radius 1 is 1.24 bits per heavy atom. The summed E-state index contributed by atoms with van der Waals surface area (Å²) in [5.41, 5.74) is 8.93. The zero-order chi connectivity index (χ0) is 16.9. The van der Waals surface area contributed by atoms with Crippen molar-refractivity contribution in [2.75, 3.05) is 19.4 Å². The number of nitrogens with two attached hydrogens (primary N) is 1. The van der Waals surface area contributed by atoms with E-state index in [1.807, 2.05) is 47.4 Å². The van der Waals surface area contributed by atoms with Crippen molar-refractivity contribution in [1.29, 1.82) is 0 Å². The van der Waals surface area contributed by atoms with Crippen LogP contribution < -0.4 is 10.5 Å². The average Bonchev–Trinajstić information content (AvgIpc) is 3.11. The molecule has 3 rings (SSSR count). The molecule has 1 unspecified atom stereocenters. The van der Waals surface area contributed by atoms with Crippen molar-refractivity contribution in [1.82, 2.24) is 4.90 Å². The summed E-state index contributed by atoms with van der Waals surface area (Å²) in [5, 5.41) is 0. The van der Waals surface area contributed by atoms with Gasteiger partial charge in [0.2, 0.25) is 5.91 Å². The highest BCUT2D eigenvalue weighted by molar-refractivity contribution is 5.85. The third-order valence-electron chi connectivity index (χ3n) is 4.72. The number of carbonyl (C=O) groups is 1. The molecule has 1 aliphatic rings. The summed E-state index contributed by atoms with van der Waals surface area (Å²) in [5.74, 6) is 1.03. The lowest BCUT2D eigenvalue weighted by molar-refractivity contribution is -0.132. The monoisotopic (exact) mass is 360 g/mol. The van der Waals surface area contributed by atoms with Crippen molar-refractivity contribution >= 4 is 24.0 Å². The van der Waals surface area contributed by atoms with Gasteiger partial charge in [-0.2, -0.15) is 0 Å². The van der Waals surface area contributed by atoms with E-state index in [0.717, 1.165) is 42.0 Å². The van der Waals surface area contributed by atoms with Crippen molar-refractivity contribution in [3.05, 3.63) is 59.7 Å². The van der Waals surface area contributed by atoms with Gasteiger partial charge in [0.05, 0.1) is 13.2 Å². The first-order valence-electron chi connectivity index (χ1n) is 8.46. The first-order valence-corrected chi connectivity index (χ1v) is 8.46. The molecule has 2 aromatic rings. The van der Waals surface area contributed by atoms with Gasteiger partial charge < -0.3 is 15.4 Å². The molecule has 134 valence electrons. The van der Waals surface area contributed by atoms with Crippen molar-refractivity contribution < 1.29 is 9.53 Å². The predicted molar refractivity (Wildman–Crippen MR) is 103 cm³/mol. The largest absolute Gasteiger partial charge is 0.497 e. The number of ether oxygens (including phenoxy) is 1. The number of aryl methyl sites for hydroxylation is 1. The number of para-hydroxylation sites is 1. The van der Waals surface area contributed by atoms with Crippen LogP contribution in [0.25, 0.3) is 0 Å². The van der Waals surface area contributed by atoms with Crippen LogP contribution in [0.2, 0.25) is 0 Å². The number of amides is 1. The molecule has 0 saturated carbocycles. The van der Waals surface area contributed by atoms with Gasteiger partial charge in [0, 0.05) is 18.7 Å². The van der Waals surface area contributed by atoms with E-state index in [-0.39, 0.29) is 24.4 Å². The smallest absolute Gasteiger partial charge is 0.223 e. The first-order chi connectivity index (χ1) is 11.7. The quantitative estimate of drug-likeness (QED) is 0.820. The third kappa shape index (κ3) is 4.45. The zero-order valence-electron chi connectivity index (χ0n) is 14.5. The molecule has 0 aliphatic carbocycles. The summed E-state index contributed by atoms with van der Waals surface area (Å²) >= 11 is 0. The molecule has 5 heteroatoms. The van der Waals surface area contributed by atoms with Gasteiger partial charge in [0.25, 0.3) is 0 Å². The Balaban J connectivity index is 0.00000225. The van der Waals surface area contributed by atoms with Crippen LogP contribution >= 0.6 is 12.4 Å². The van der Waals surface area contributed by atoms with Crippen LogP contribution in [0.5, 0.6) is 5.75 Å². The van der Waals surface area contributed by atoms with Gasteiger partial charge in [-0.25, -0.2) is 0 Å². The second kappa shape index (κ2) is 8.77. The molecule has 0 bridgehead atoms. The fourth-order valence-corrected chi connectivity index (χ4v) is 3.41. The Morgan fingerprint density at radius 3 is 2.80 bits per heavy atom. The maximum Gasteiger partial charge on any atom is 0.223 e. The Morgan fingerprint density at radius 2 is 2.04 bits per heavy atom. The van der Waals surface area contributed by atoms with E-state index in [1.165, 1.54) is 0 Å². The minimum absolute atomic E-state index is 0. The molecule has 0 aromatic heterocycles. The summed E-state index contributed by atoms with van der Waals surface area (Å²) in [4.78, 5) is 14.7. The Kier molecular flexibility index (Phi) is 6.71. The second-order valence-electron chi connectivity index (χ2n) is 6.22. The number of benzene rings is 2. The maximum absolute atomic E-state index is 12.7. The topological polar surface area (TPSA) is 55.6 Å². The zero-order valence-corrected chi connectivity index (χ0v) is 15.3. The van der Waals surface area contributed by atoms with Crippen LogP contribution in [0, 0.1) is 0 Å². The minimum atomic E-state index is 0. The van der Waals surface area contributed by atoms with Gasteiger partial charge in [-0.05, 0) is 48.6 Å². The van der Waals surface area contributed by atoms with Crippen molar-refractivity contribution in [2.24, 2.45) is 0 Å². The van der Waals surface area contributed by atoms with E-state index >= 15 is 0 Å². The van der Waals surface area contributed by atoms with Crippen molar-refractivity contribution in [2.45, 2.75) is 31.7 Å². The lowest BCUT2D eigenvalue weighted by Crippen LogP contribution is -2.30. The fraction of sp³-hybridized carbons (Fsp3) is 0.350. The van der Waals surface area contributed by atoms with E-state index in [9.17, 15) is 4.79 Å². The Labute approximate surface area is 155 Å². The number of hydrogen-bond acceptors (Lipinski definition) is 3. The molecular weight excluding hydrogens is 336 g/mol. The van der Waals surface area contributed by atoms with Gasteiger partial charge >= 0.3 is 0 Å². The van der Waals surface area contributed by atoms with Gasteiger partial charge in [-0.15, -0.1) is 12.4 Å². The molecule has 1 aliphatic heterocycles. The minimum Gasteiger partial charge on any atom is -0.497 e. The van der Waals surface area contributed by atoms with Gasteiger partial charge in [0.15, 0.2) is 0 Å². The lowest BCUT2D eigenvalue weighted by atomic mass is 10.0. The van der Waals surface area contributed by atoms with Crippen molar-refractivity contribution in [3.63, 3.8) is 0 Å². The van der Waals surface area contributed by atoms with Crippen molar-refractivity contribution in [3.8, 4) is 5.75 Å². The van der Waals surface area contributed by atoms with Crippen LogP contribution in [0.4, 0.5) is 5.69 Å². The number of methoxy groups -OCH3 is 1. The molecule has 4 nitrogen and oxygen atoms in total. The van der Waals surface area contributed by atoms with E-state index in [4.69, 9.17) is 10.5 Å². The highest BCUT2D eigenvalue weighted by Crippen LogP contribution is 2.34. The number of anilines is 1. The third-order valence-corrected chi connectivity index (χ3v) is 4.72. The fourth-order valence-electron chi connectivity index (χ4n) is 3.41. The highest BCUT2D eigenvalue weighted by atomic mass is 35.5. The normalized spacial score (nSPS) is 16.4. The van der Waals surface area contributed by atoms with E-state index in [1.54, 1.807) is 7.11 Å². The predicted octanol–water partition coefficient (Wildman–Crippen LogP) is 4.00. The number of nitrogen functional groups attached to an aromatic ring is 1. The number of likely N-dealkylation sites (tertiary alicyclic amines) is 1. The number of hydrogen-bond donors (Lipinski definition) is 1. The molecule has 1 atom stereocenters.